The van der Waals surface area contributed by atoms with Crippen LogP contribution in [0.15, 0.2) is 70.3 Å². The molecule has 1 aliphatic heterocycles. The summed E-state index contributed by atoms with van der Waals surface area (Å²) in [6, 6.07) is 13.8. The van der Waals surface area contributed by atoms with Crippen LogP contribution in [-0.2, 0) is 26.0 Å². The summed E-state index contributed by atoms with van der Waals surface area (Å²) in [5, 5.41) is 17.9. The number of nitrogens with one attached hydrogen (secondary N) is 1. The van der Waals surface area contributed by atoms with E-state index in [1.165, 1.54) is 21.4 Å². The minimum atomic E-state index is -3.63. The number of sulfonamides is 1. The van der Waals surface area contributed by atoms with Crippen molar-refractivity contribution in [3.8, 4) is 0 Å². The Balaban J connectivity index is 1.90. The first-order chi connectivity index (χ1) is 17.2. The van der Waals surface area contributed by atoms with Gasteiger partial charge in [-0.2, -0.15) is 14.4 Å². The Morgan fingerprint density at radius 3 is 2.36 bits per heavy atom. The summed E-state index contributed by atoms with van der Waals surface area (Å²) in [4.78, 5) is 24.5. The summed E-state index contributed by atoms with van der Waals surface area (Å²) in [5.74, 6) is -1.29. The predicted molar refractivity (Wildman–Crippen MR) is 140 cm³/mol. The number of para-hydroxylation sites is 1. The molecule has 0 saturated carbocycles. The van der Waals surface area contributed by atoms with Crippen LogP contribution in [0, 0.1) is 0 Å². The van der Waals surface area contributed by atoms with Gasteiger partial charge in [0.05, 0.1) is 21.9 Å². The van der Waals surface area contributed by atoms with Crippen LogP contribution in [0.3, 0.4) is 0 Å². The van der Waals surface area contributed by atoms with Crippen LogP contribution in [0.25, 0.3) is 0 Å². The molecule has 0 aliphatic carbocycles. The first-order valence-corrected chi connectivity index (χ1v) is 13.5. The van der Waals surface area contributed by atoms with Crippen molar-refractivity contribution in [1.29, 1.82) is 0 Å². The molecule has 0 saturated heterocycles. The molecule has 2 aromatic rings. The Kier molecular flexibility index (Phi) is 9.00. The summed E-state index contributed by atoms with van der Waals surface area (Å²) in [6.07, 6.45) is 3.03. The second kappa shape index (κ2) is 12.0. The summed E-state index contributed by atoms with van der Waals surface area (Å²) in [7, 11) is -3.63. The maximum atomic E-state index is 13.3. The second-order valence-electron chi connectivity index (χ2n) is 8.21. The van der Waals surface area contributed by atoms with E-state index in [-0.39, 0.29) is 17.2 Å². The van der Waals surface area contributed by atoms with E-state index in [1.807, 2.05) is 31.2 Å². The molecule has 0 fully saturated rings. The monoisotopic (exact) mass is 512 g/mol. The number of carboxylic acids is 1. The predicted octanol–water partition coefficient (Wildman–Crippen LogP) is 4.23. The number of amides is 1. The van der Waals surface area contributed by atoms with Crippen LogP contribution in [0.1, 0.15) is 45.6 Å². The van der Waals surface area contributed by atoms with Gasteiger partial charge in [-0.25, -0.2) is 8.42 Å². The molecule has 0 aromatic heterocycles. The fourth-order valence-corrected chi connectivity index (χ4v) is 5.42. The molecule has 0 unspecified atom stereocenters. The molecular formula is C26H32N4O5S. The molecule has 0 atom stereocenters. The Labute approximate surface area is 212 Å². The Hall–Kier alpha value is -3.50. The smallest absolute Gasteiger partial charge is 0.303 e. The standard InChI is InChI=1S/C26H32N4O5S/c1-4-19-10-7-8-11-23(19)27-18-22-24(12-9-13-25(31)32)28-30(26(22)33)20-14-16-21(17-15-20)36(34,35)29(5-2)6-3/h7-8,10-11,14-18,27H,4-6,9,12-13H2,1-3H3,(H,31,32)/b22-18+. The zero-order valence-corrected chi connectivity index (χ0v) is 21.6. The molecule has 10 heteroatoms. The molecule has 192 valence electrons. The van der Waals surface area contributed by atoms with E-state index >= 15 is 0 Å². The summed E-state index contributed by atoms with van der Waals surface area (Å²) in [5.41, 5.74) is 3.20. The highest BCUT2D eigenvalue weighted by Gasteiger charge is 2.31. The third-order valence-corrected chi connectivity index (χ3v) is 8.02. The summed E-state index contributed by atoms with van der Waals surface area (Å²) < 4.78 is 27.0. The number of hydrazone groups is 1. The third-order valence-electron chi connectivity index (χ3n) is 5.95. The normalized spacial score (nSPS) is 15.0. The SMILES string of the molecule is CCc1ccccc1N/C=C1/C(=O)N(c2ccc(S(=O)(=O)N(CC)CC)cc2)N=C1CCCC(=O)O. The summed E-state index contributed by atoms with van der Waals surface area (Å²) >= 11 is 0. The zero-order chi connectivity index (χ0) is 26.3. The molecule has 1 amide bonds. The van der Waals surface area contributed by atoms with Crippen LogP contribution in [-0.4, -0.2) is 48.5 Å². The fraction of sp³-hybridized carbons (Fsp3) is 0.346. The number of hydrogen-bond donors (Lipinski definition) is 2. The molecule has 2 aromatic carbocycles. The van der Waals surface area contributed by atoms with Crippen molar-refractivity contribution in [2.75, 3.05) is 23.4 Å². The number of anilines is 2. The van der Waals surface area contributed by atoms with E-state index in [0.717, 1.165) is 17.7 Å². The number of carboxylic acid groups (broad SMARTS) is 1. The molecule has 2 N–H and O–H groups in total. The van der Waals surface area contributed by atoms with Crippen molar-refractivity contribution in [2.24, 2.45) is 5.10 Å². The lowest BCUT2D eigenvalue weighted by Gasteiger charge is -2.19. The molecule has 36 heavy (non-hydrogen) atoms. The highest BCUT2D eigenvalue weighted by atomic mass is 32.2. The van der Waals surface area contributed by atoms with Crippen molar-refractivity contribution in [2.45, 2.75) is 51.3 Å². The fourth-order valence-electron chi connectivity index (χ4n) is 3.96. The van der Waals surface area contributed by atoms with Gasteiger partial charge in [-0.05, 0) is 55.2 Å². The number of benzene rings is 2. The van der Waals surface area contributed by atoms with Gasteiger partial charge < -0.3 is 10.4 Å². The van der Waals surface area contributed by atoms with Gasteiger partial charge in [0.1, 0.15) is 0 Å². The molecule has 0 bridgehead atoms. The van der Waals surface area contributed by atoms with E-state index in [2.05, 4.69) is 10.4 Å². The number of aryl methyl sites for hydroxylation is 1. The number of rotatable bonds is 12. The Morgan fingerprint density at radius 2 is 1.75 bits per heavy atom. The first-order valence-electron chi connectivity index (χ1n) is 12.0. The maximum Gasteiger partial charge on any atom is 0.303 e. The molecule has 3 rings (SSSR count). The molecule has 9 nitrogen and oxygen atoms in total. The van der Waals surface area contributed by atoms with E-state index in [0.29, 0.717) is 42.9 Å². The summed E-state index contributed by atoms with van der Waals surface area (Å²) in [6.45, 7) is 6.31. The molecular weight excluding hydrogens is 480 g/mol. The second-order valence-corrected chi connectivity index (χ2v) is 10.1. The maximum absolute atomic E-state index is 13.3. The van der Waals surface area contributed by atoms with Gasteiger partial charge >= 0.3 is 5.97 Å². The minimum Gasteiger partial charge on any atom is -0.481 e. The first kappa shape index (κ1) is 27.1. The quantitative estimate of drug-likeness (QED) is 0.411. The van der Waals surface area contributed by atoms with Gasteiger partial charge in [0, 0.05) is 31.4 Å². The van der Waals surface area contributed by atoms with Gasteiger partial charge in [0.25, 0.3) is 5.91 Å². The van der Waals surface area contributed by atoms with Crippen molar-refractivity contribution in [3.63, 3.8) is 0 Å². The zero-order valence-electron chi connectivity index (χ0n) is 20.8. The van der Waals surface area contributed by atoms with E-state index < -0.39 is 16.0 Å². The van der Waals surface area contributed by atoms with Crippen LogP contribution >= 0.6 is 0 Å². The van der Waals surface area contributed by atoms with Gasteiger partial charge in [-0.3, -0.25) is 9.59 Å². The number of aliphatic carboxylic acids is 1. The van der Waals surface area contributed by atoms with Crippen LogP contribution in [0.4, 0.5) is 11.4 Å². The molecule has 1 heterocycles. The van der Waals surface area contributed by atoms with Gasteiger partial charge in [-0.1, -0.05) is 39.0 Å². The lowest BCUT2D eigenvalue weighted by atomic mass is 10.1. The highest BCUT2D eigenvalue weighted by Crippen LogP contribution is 2.28. The number of carbonyl (C=O) groups is 2. The molecule has 1 aliphatic rings. The highest BCUT2D eigenvalue weighted by molar-refractivity contribution is 7.89. The average molecular weight is 513 g/mol. The lowest BCUT2D eigenvalue weighted by Crippen LogP contribution is -2.30. The van der Waals surface area contributed by atoms with Crippen LogP contribution in [0.5, 0.6) is 0 Å². The Morgan fingerprint density at radius 1 is 1.08 bits per heavy atom. The molecule has 0 spiro atoms. The number of nitrogens with zero attached hydrogens (tertiary/aromatic N) is 3. The largest absolute Gasteiger partial charge is 0.481 e. The average Bonchev–Trinajstić information content (AvgIpc) is 3.18. The van der Waals surface area contributed by atoms with E-state index in [9.17, 15) is 18.0 Å². The van der Waals surface area contributed by atoms with Crippen molar-refractivity contribution in [1.82, 2.24) is 4.31 Å². The van der Waals surface area contributed by atoms with Crippen LogP contribution in [0.2, 0.25) is 0 Å². The third kappa shape index (κ3) is 6.00. The van der Waals surface area contributed by atoms with Crippen molar-refractivity contribution in [3.05, 3.63) is 65.9 Å². The van der Waals surface area contributed by atoms with Gasteiger partial charge in [0.15, 0.2) is 0 Å². The van der Waals surface area contributed by atoms with Crippen molar-refractivity contribution < 1.29 is 23.1 Å². The Bertz CT molecular complexity index is 1270. The van der Waals surface area contributed by atoms with E-state index in [4.69, 9.17) is 5.11 Å². The number of carbonyl (C=O) groups excluding carboxylic acids is 1. The number of hydrogen-bond acceptors (Lipinski definition) is 6. The topological polar surface area (TPSA) is 119 Å². The van der Waals surface area contributed by atoms with E-state index in [1.54, 1.807) is 32.2 Å². The van der Waals surface area contributed by atoms with Gasteiger partial charge in [0.2, 0.25) is 10.0 Å². The minimum absolute atomic E-state index is 0.0372. The lowest BCUT2D eigenvalue weighted by molar-refractivity contribution is -0.137. The van der Waals surface area contributed by atoms with Crippen molar-refractivity contribution >= 4 is 39.0 Å². The van der Waals surface area contributed by atoms with Gasteiger partial charge in [-0.15, -0.1) is 0 Å². The molecule has 0 radical (unpaired) electrons. The van der Waals surface area contributed by atoms with Crippen LogP contribution < -0.4 is 10.3 Å².